The SMILES string of the molecule is CB(O)[C@@H]1CCCN1C(=O)[C@@H](C)NC(=O)c1ccc(NCC(=O)CCC2=C3C(C)=CC(C)N3[B-](F)(F)n3c(C)cc(C)c32)nc1. The fourth-order valence-electron chi connectivity index (χ4n) is 7.17. The second kappa shape index (κ2) is 12.5. The Morgan fingerprint density at radius 2 is 1.96 bits per heavy atom. The maximum absolute atomic E-state index is 15.8. The van der Waals surface area contributed by atoms with E-state index >= 15 is 8.63 Å². The number of nitrogens with one attached hydrogen (secondary N) is 2. The third-order valence-corrected chi connectivity index (χ3v) is 9.20. The summed E-state index contributed by atoms with van der Waals surface area (Å²) in [7, 11) is 0. The van der Waals surface area contributed by atoms with E-state index in [9.17, 15) is 19.4 Å². The van der Waals surface area contributed by atoms with Gasteiger partial charge >= 0.3 is 13.9 Å². The molecule has 1 fully saturated rings. The highest BCUT2D eigenvalue weighted by Crippen LogP contribution is 2.46. The first-order valence-corrected chi connectivity index (χ1v) is 15.6. The number of likely N-dealkylation sites (tertiary alicyclic amines) is 1. The first-order valence-electron chi connectivity index (χ1n) is 15.6. The number of carbonyl (C=O) groups is 3. The van der Waals surface area contributed by atoms with Gasteiger partial charge in [-0.3, -0.25) is 14.4 Å². The first kappa shape index (κ1) is 32.5. The summed E-state index contributed by atoms with van der Waals surface area (Å²) in [5.41, 5.74) is 4.10. The molecule has 1 unspecified atom stereocenters. The topological polar surface area (TPSA) is 120 Å². The lowest BCUT2D eigenvalue weighted by molar-refractivity contribution is -0.132. The van der Waals surface area contributed by atoms with E-state index in [1.165, 1.54) is 11.0 Å². The molecule has 3 atom stereocenters. The molecule has 0 saturated carbocycles. The number of Topliss-reactive ketones (excluding diaryl/α,β-unsaturated/α-hetero) is 1. The lowest BCUT2D eigenvalue weighted by atomic mass is 9.62. The number of hydrogen-bond acceptors (Lipinski definition) is 7. The number of pyridine rings is 1. The molecule has 45 heavy (non-hydrogen) atoms. The number of rotatable bonds is 10. The number of carbonyl (C=O) groups excluding carboxylic acids is 3. The number of nitrogens with zero attached hydrogens (tertiary/aromatic N) is 4. The minimum atomic E-state index is -4.02. The number of halogens is 2. The second-order valence-electron chi connectivity index (χ2n) is 12.6. The van der Waals surface area contributed by atoms with Crippen LogP contribution in [0.2, 0.25) is 6.82 Å². The Morgan fingerprint density at radius 1 is 1.22 bits per heavy atom. The van der Waals surface area contributed by atoms with Crippen molar-refractivity contribution in [2.45, 2.75) is 85.1 Å². The highest BCUT2D eigenvalue weighted by Gasteiger charge is 2.47. The number of aryl methyl sites for hydroxylation is 2. The van der Waals surface area contributed by atoms with Gasteiger partial charge in [0, 0.05) is 42.5 Å². The molecule has 3 aliphatic heterocycles. The zero-order chi connectivity index (χ0) is 32.8. The molecule has 2 aromatic rings. The molecule has 10 nitrogen and oxygen atoms in total. The van der Waals surface area contributed by atoms with Crippen LogP contribution < -0.4 is 10.6 Å². The lowest BCUT2D eigenvalue weighted by Crippen LogP contribution is -2.57. The molecular formula is C31H41B2F2N6O4-. The standard InChI is InChI=1S/C31H41B2F2N6O4/c1-18-14-20(3)40-28(18)25(29-19(2)15-21(4)41(29)33(40,34)35)11-10-24(42)17-37-27-12-9-23(16-36-27)30(43)38-22(5)31(44)39-13-7-8-26(39)32(6)45/h9,12,14-16,20,22,26,45H,7-8,10-11,13,17H2,1-6H3,(H,36,37)(H,38,43)/q-1/t20?,22-,26+/m1/s1. The summed E-state index contributed by atoms with van der Waals surface area (Å²) in [5, 5.41) is 15.7. The minimum absolute atomic E-state index is 0.0129. The predicted molar refractivity (Wildman–Crippen MR) is 172 cm³/mol. The van der Waals surface area contributed by atoms with Crippen LogP contribution in [0.3, 0.4) is 0 Å². The van der Waals surface area contributed by atoms with Gasteiger partial charge in [-0.05, 0) is 94.5 Å². The van der Waals surface area contributed by atoms with Crippen LogP contribution in [0.1, 0.15) is 73.8 Å². The molecule has 240 valence electrons. The normalized spacial score (nSPS) is 20.9. The van der Waals surface area contributed by atoms with Gasteiger partial charge in [0.1, 0.15) is 11.9 Å². The fourth-order valence-corrected chi connectivity index (χ4v) is 7.17. The number of hydrogen-bond donors (Lipinski definition) is 3. The summed E-state index contributed by atoms with van der Waals surface area (Å²) >= 11 is 0. The van der Waals surface area contributed by atoms with E-state index in [4.69, 9.17) is 0 Å². The number of anilines is 1. The molecule has 2 amide bonds. The number of allylic oxidation sites excluding steroid dienone is 2. The number of amides is 2. The molecule has 14 heteroatoms. The van der Waals surface area contributed by atoms with Gasteiger partial charge in [0.2, 0.25) is 5.91 Å². The van der Waals surface area contributed by atoms with Crippen molar-refractivity contribution in [2.75, 3.05) is 18.4 Å². The summed E-state index contributed by atoms with van der Waals surface area (Å²) in [6, 6.07) is 3.69. The molecule has 3 N–H and O–H groups in total. The van der Waals surface area contributed by atoms with Crippen LogP contribution in [0.5, 0.6) is 0 Å². The highest BCUT2D eigenvalue weighted by atomic mass is 19.2. The van der Waals surface area contributed by atoms with E-state index in [-0.39, 0.29) is 36.2 Å². The van der Waals surface area contributed by atoms with Gasteiger partial charge in [0.05, 0.1) is 12.1 Å². The minimum Gasteiger partial charge on any atom is -0.464 e. The van der Waals surface area contributed by atoms with E-state index in [0.717, 1.165) is 34.0 Å². The molecule has 0 spiro atoms. The van der Waals surface area contributed by atoms with Crippen LogP contribution in [0, 0.1) is 13.8 Å². The van der Waals surface area contributed by atoms with Crippen molar-refractivity contribution in [3.63, 3.8) is 0 Å². The van der Waals surface area contributed by atoms with Gasteiger partial charge in [-0.15, -0.1) is 0 Å². The van der Waals surface area contributed by atoms with Crippen LogP contribution in [0.25, 0.3) is 5.57 Å². The Morgan fingerprint density at radius 3 is 2.62 bits per heavy atom. The van der Waals surface area contributed by atoms with Crippen molar-refractivity contribution in [2.24, 2.45) is 0 Å². The average Bonchev–Trinajstić information content (AvgIpc) is 3.67. The Bertz CT molecular complexity index is 1570. The largest absolute Gasteiger partial charge is 0.529 e. The molecule has 2 aromatic heterocycles. The Hall–Kier alpha value is -3.93. The average molecular weight is 621 g/mol. The van der Waals surface area contributed by atoms with Crippen LogP contribution in [-0.4, -0.2) is 86.8 Å². The second-order valence-corrected chi connectivity index (χ2v) is 12.6. The molecular weight excluding hydrogens is 580 g/mol. The number of ketones is 1. The van der Waals surface area contributed by atoms with Gasteiger partial charge in [-0.25, -0.2) is 4.98 Å². The van der Waals surface area contributed by atoms with Crippen molar-refractivity contribution in [3.8, 4) is 0 Å². The molecule has 1 saturated heterocycles. The summed E-state index contributed by atoms with van der Waals surface area (Å²) in [6.07, 6.45) is 5.23. The zero-order valence-electron chi connectivity index (χ0n) is 26.7. The fraction of sp³-hybridized carbons (Fsp3) is 0.484. The third kappa shape index (κ3) is 6.04. The van der Waals surface area contributed by atoms with Crippen molar-refractivity contribution < 1.29 is 28.0 Å². The summed E-state index contributed by atoms with van der Waals surface area (Å²) in [6.45, 7) is 6.28. The lowest BCUT2D eigenvalue weighted by Gasteiger charge is -2.49. The van der Waals surface area contributed by atoms with Gasteiger partial charge in [0.15, 0.2) is 5.78 Å². The summed E-state index contributed by atoms with van der Waals surface area (Å²) < 4.78 is 32.7. The van der Waals surface area contributed by atoms with E-state index < -0.39 is 31.9 Å². The zero-order valence-corrected chi connectivity index (χ0v) is 26.7. The molecule has 5 heterocycles. The predicted octanol–water partition coefficient (Wildman–Crippen LogP) is 3.82. The van der Waals surface area contributed by atoms with Crippen molar-refractivity contribution in [3.05, 3.63) is 64.3 Å². The van der Waals surface area contributed by atoms with E-state index in [2.05, 4.69) is 15.6 Å². The molecule has 0 aromatic carbocycles. The molecule has 0 bridgehead atoms. The third-order valence-electron chi connectivity index (χ3n) is 9.20. The van der Waals surface area contributed by atoms with Crippen LogP contribution >= 0.6 is 0 Å². The molecule has 3 aliphatic rings. The first-order chi connectivity index (χ1) is 21.2. The number of aromatic nitrogens is 2. The Kier molecular flexibility index (Phi) is 8.99. The summed E-state index contributed by atoms with van der Waals surface area (Å²) in [5.74, 6) is -0.652. The molecule has 0 radical (unpaired) electrons. The van der Waals surface area contributed by atoms with E-state index in [1.807, 2.05) is 19.9 Å². The number of fused-ring (bicyclic) bond motifs is 2. The van der Waals surface area contributed by atoms with Crippen molar-refractivity contribution >= 4 is 42.9 Å². The summed E-state index contributed by atoms with van der Waals surface area (Å²) in [4.78, 5) is 45.7. The van der Waals surface area contributed by atoms with Crippen LogP contribution in [0.4, 0.5) is 14.4 Å². The quantitative estimate of drug-likeness (QED) is 0.346. The highest BCUT2D eigenvalue weighted by molar-refractivity contribution is 6.63. The maximum Gasteiger partial charge on any atom is 0.529 e. The van der Waals surface area contributed by atoms with Gasteiger partial charge in [0.25, 0.3) is 5.91 Å². The van der Waals surface area contributed by atoms with Crippen molar-refractivity contribution in [1.29, 1.82) is 0 Å². The maximum atomic E-state index is 15.8. The monoisotopic (exact) mass is 621 g/mol. The van der Waals surface area contributed by atoms with Crippen molar-refractivity contribution in [1.82, 2.24) is 24.5 Å². The molecule has 5 rings (SSSR count). The van der Waals surface area contributed by atoms with Crippen LogP contribution in [0.15, 0.2) is 41.7 Å². The van der Waals surface area contributed by atoms with Gasteiger partial charge in [-0.1, -0.05) is 12.9 Å². The van der Waals surface area contributed by atoms with Gasteiger partial charge < -0.3 is 38.5 Å². The molecule has 0 aliphatic carbocycles. The van der Waals surface area contributed by atoms with Gasteiger partial charge in [-0.2, -0.15) is 0 Å². The Balaban J connectivity index is 1.18. The van der Waals surface area contributed by atoms with Crippen LogP contribution in [-0.2, 0) is 9.59 Å². The van der Waals surface area contributed by atoms with E-state index in [0.29, 0.717) is 35.9 Å². The van der Waals surface area contributed by atoms with E-state index in [1.54, 1.807) is 50.7 Å². The Labute approximate surface area is 263 Å². The smallest absolute Gasteiger partial charge is 0.464 e.